The van der Waals surface area contributed by atoms with Crippen LogP contribution in [0.25, 0.3) is 0 Å². The van der Waals surface area contributed by atoms with E-state index >= 15 is 0 Å². The minimum atomic E-state index is -0.234. The number of carbonyl (C=O) groups is 1. The predicted octanol–water partition coefficient (Wildman–Crippen LogP) is 4.03. The molecule has 1 aliphatic heterocycles. The fourth-order valence-corrected chi connectivity index (χ4v) is 3.20. The van der Waals surface area contributed by atoms with E-state index in [9.17, 15) is 4.79 Å². The Morgan fingerprint density at radius 1 is 1.32 bits per heavy atom. The number of guanidine groups is 1. The number of anilines is 1. The lowest BCUT2D eigenvalue weighted by Crippen LogP contribution is -2.36. The smallest absolute Gasteiger partial charge is 0.257 e. The summed E-state index contributed by atoms with van der Waals surface area (Å²) in [4.78, 5) is 17.2. The van der Waals surface area contributed by atoms with Crippen molar-refractivity contribution in [3.8, 4) is 5.75 Å². The van der Waals surface area contributed by atoms with Crippen molar-refractivity contribution in [3.05, 3.63) is 58.6 Å². The van der Waals surface area contributed by atoms with Crippen LogP contribution in [0, 0.1) is 6.92 Å². The highest BCUT2D eigenvalue weighted by Gasteiger charge is 2.16. The lowest BCUT2D eigenvalue weighted by molar-refractivity contribution is 0.0975. The molecule has 1 atom stereocenters. The van der Waals surface area contributed by atoms with Gasteiger partial charge >= 0.3 is 0 Å². The highest BCUT2D eigenvalue weighted by atomic mass is 35.5. The van der Waals surface area contributed by atoms with Crippen molar-refractivity contribution in [2.45, 2.75) is 25.9 Å². The van der Waals surface area contributed by atoms with Crippen molar-refractivity contribution in [2.75, 3.05) is 25.6 Å². The highest BCUT2D eigenvalue weighted by molar-refractivity contribution is 6.32. The summed E-state index contributed by atoms with van der Waals surface area (Å²) in [7, 11) is 1.56. The maximum absolute atomic E-state index is 12.7. The number of hydrogen-bond donors (Lipinski definition) is 2. The van der Waals surface area contributed by atoms with Crippen molar-refractivity contribution in [3.63, 3.8) is 0 Å². The van der Waals surface area contributed by atoms with E-state index in [-0.39, 0.29) is 12.0 Å². The summed E-state index contributed by atoms with van der Waals surface area (Å²) in [6, 6.07) is 12.7. The van der Waals surface area contributed by atoms with E-state index in [1.165, 1.54) is 0 Å². The number of rotatable bonds is 5. The molecule has 2 aromatic carbocycles. The fourth-order valence-electron chi connectivity index (χ4n) is 2.94. The molecule has 1 unspecified atom stereocenters. The van der Waals surface area contributed by atoms with Gasteiger partial charge in [-0.15, -0.1) is 0 Å². The van der Waals surface area contributed by atoms with Crippen molar-refractivity contribution in [1.82, 2.24) is 5.32 Å². The summed E-state index contributed by atoms with van der Waals surface area (Å²) in [6.07, 6.45) is 2.08. The van der Waals surface area contributed by atoms with Crippen LogP contribution in [0.1, 0.15) is 28.8 Å². The molecule has 0 bridgehead atoms. The van der Waals surface area contributed by atoms with Crippen molar-refractivity contribution >= 4 is 29.2 Å². The molecule has 28 heavy (non-hydrogen) atoms. The third-order valence-corrected chi connectivity index (χ3v) is 4.70. The molecule has 1 saturated heterocycles. The summed E-state index contributed by atoms with van der Waals surface area (Å²) in [5.41, 5.74) is 2.28. The Morgan fingerprint density at radius 2 is 2.18 bits per heavy atom. The molecular weight excluding hydrogens is 378 g/mol. The highest BCUT2D eigenvalue weighted by Crippen LogP contribution is 2.27. The van der Waals surface area contributed by atoms with Gasteiger partial charge in [0, 0.05) is 17.9 Å². The molecule has 1 aliphatic rings. The number of benzene rings is 2. The molecule has 3 rings (SSSR count). The molecule has 6 nitrogen and oxygen atoms in total. The molecule has 1 fully saturated rings. The normalized spacial score (nSPS) is 16.7. The molecule has 0 radical (unpaired) electrons. The van der Waals surface area contributed by atoms with Gasteiger partial charge in [0.15, 0.2) is 0 Å². The summed E-state index contributed by atoms with van der Waals surface area (Å²) in [5.74, 6) is 0.694. The third-order valence-electron chi connectivity index (χ3n) is 4.40. The molecule has 0 aliphatic carbocycles. The number of hydrogen-bond acceptors (Lipinski definition) is 4. The molecule has 0 aromatic heterocycles. The van der Waals surface area contributed by atoms with Gasteiger partial charge in [-0.1, -0.05) is 29.3 Å². The summed E-state index contributed by atoms with van der Waals surface area (Å²) < 4.78 is 10.8. The number of carbonyl (C=O) groups excluding carboxylic acids is 1. The Hall–Kier alpha value is -2.57. The van der Waals surface area contributed by atoms with Crippen molar-refractivity contribution in [2.24, 2.45) is 4.99 Å². The number of aliphatic imine (C=N–C) groups is 1. The number of halogens is 1. The van der Waals surface area contributed by atoms with E-state index in [0.29, 0.717) is 34.5 Å². The minimum absolute atomic E-state index is 0.0760. The first kappa shape index (κ1) is 20.2. The SMILES string of the molecule is COc1ccc(NC(=NCC2CCCO2)NC(=O)c2cccc(C)c2)cc1Cl. The third kappa shape index (κ3) is 5.47. The van der Waals surface area contributed by atoms with Gasteiger partial charge < -0.3 is 14.8 Å². The molecule has 148 valence electrons. The molecule has 2 N–H and O–H groups in total. The van der Waals surface area contributed by atoms with Crippen LogP contribution in [-0.2, 0) is 4.74 Å². The maximum atomic E-state index is 12.7. The van der Waals surface area contributed by atoms with Crippen molar-refractivity contribution < 1.29 is 14.3 Å². The number of nitrogens with one attached hydrogen (secondary N) is 2. The Balaban J connectivity index is 1.77. The Labute approximate surface area is 169 Å². The second-order valence-electron chi connectivity index (χ2n) is 6.62. The second-order valence-corrected chi connectivity index (χ2v) is 7.03. The Morgan fingerprint density at radius 3 is 2.86 bits per heavy atom. The first-order valence-corrected chi connectivity index (χ1v) is 9.57. The van der Waals surface area contributed by atoms with Crippen molar-refractivity contribution in [1.29, 1.82) is 0 Å². The topological polar surface area (TPSA) is 71.9 Å². The molecular formula is C21H24ClN3O3. The first-order valence-electron chi connectivity index (χ1n) is 9.20. The van der Waals surface area contributed by atoms with Crippen LogP contribution in [0.4, 0.5) is 5.69 Å². The zero-order valence-corrected chi connectivity index (χ0v) is 16.8. The van der Waals surface area contributed by atoms with E-state index in [4.69, 9.17) is 21.1 Å². The number of ether oxygens (including phenoxy) is 2. The van der Waals surface area contributed by atoms with Gasteiger partial charge in [-0.3, -0.25) is 10.1 Å². The quantitative estimate of drug-likeness (QED) is 0.586. The zero-order chi connectivity index (χ0) is 19.9. The molecule has 1 amide bonds. The predicted molar refractivity (Wildman–Crippen MR) is 112 cm³/mol. The number of nitrogens with zero attached hydrogens (tertiary/aromatic N) is 1. The van der Waals surface area contributed by atoms with E-state index in [0.717, 1.165) is 25.0 Å². The number of methoxy groups -OCH3 is 1. The first-order chi connectivity index (χ1) is 13.5. The largest absolute Gasteiger partial charge is 0.495 e. The van der Waals surface area contributed by atoms with E-state index in [2.05, 4.69) is 15.6 Å². The van der Waals surface area contributed by atoms with Gasteiger partial charge in [0.05, 0.1) is 24.8 Å². The summed E-state index contributed by atoms with van der Waals surface area (Å²) >= 11 is 6.20. The minimum Gasteiger partial charge on any atom is -0.495 e. The number of aryl methyl sites for hydroxylation is 1. The van der Waals surface area contributed by atoms with E-state index in [1.807, 2.05) is 31.2 Å². The Kier molecular flexibility index (Phi) is 6.90. The van der Waals surface area contributed by atoms with Crippen LogP contribution in [-0.4, -0.2) is 38.2 Å². The molecule has 7 heteroatoms. The van der Waals surface area contributed by atoms with Gasteiger partial charge in [0.1, 0.15) is 5.75 Å². The maximum Gasteiger partial charge on any atom is 0.257 e. The van der Waals surface area contributed by atoms with Crippen LogP contribution in [0.3, 0.4) is 0 Å². The lowest BCUT2D eigenvalue weighted by Gasteiger charge is -2.14. The monoisotopic (exact) mass is 401 g/mol. The van der Waals surface area contributed by atoms with Gasteiger partial charge in [0.2, 0.25) is 5.96 Å². The van der Waals surface area contributed by atoms with E-state index in [1.54, 1.807) is 25.3 Å². The summed E-state index contributed by atoms with van der Waals surface area (Å²) in [5, 5.41) is 6.45. The van der Waals surface area contributed by atoms with Crippen LogP contribution in [0.2, 0.25) is 5.02 Å². The van der Waals surface area contributed by atoms with Crippen LogP contribution >= 0.6 is 11.6 Å². The average molecular weight is 402 g/mol. The number of amides is 1. The molecule has 0 saturated carbocycles. The van der Waals surface area contributed by atoms with Gasteiger partial charge in [-0.2, -0.15) is 0 Å². The van der Waals surface area contributed by atoms with Crippen LogP contribution in [0.5, 0.6) is 5.75 Å². The van der Waals surface area contributed by atoms with Gasteiger partial charge in [-0.05, 0) is 50.1 Å². The van der Waals surface area contributed by atoms with E-state index < -0.39 is 0 Å². The van der Waals surface area contributed by atoms with Crippen LogP contribution < -0.4 is 15.4 Å². The molecule has 2 aromatic rings. The molecule has 1 heterocycles. The second kappa shape index (κ2) is 9.57. The fraction of sp³-hybridized carbons (Fsp3) is 0.333. The summed E-state index contributed by atoms with van der Waals surface area (Å²) in [6.45, 7) is 3.17. The zero-order valence-electron chi connectivity index (χ0n) is 16.0. The lowest BCUT2D eigenvalue weighted by atomic mass is 10.1. The van der Waals surface area contributed by atoms with Crippen LogP contribution in [0.15, 0.2) is 47.5 Å². The average Bonchev–Trinajstić information content (AvgIpc) is 3.20. The van der Waals surface area contributed by atoms with Gasteiger partial charge in [0.25, 0.3) is 5.91 Å². The van der Waals surface area contributed by atoms with Gasteiger partial charge in [-0.25, -0.2) is 4.99 Å². The Bertz CT molecular complexity index is 864. The molecule has 0 spiro atoms. The standard InChI is InChI=1S/C21H24ClN3O3/c1-14-5-3-6-15(11-14)20(26)25-21(23-13-17-7-4-10-28-17)24-16-8-9-19(27-2)18(22)12-16/h3,5-6,8-9,11-12,17H,4,7,10,13H2,1-2H3,(H2,23,24,25,26).